The number of imidazole rings is 1. The number of carbonyl (C=O) groups is 1. The molecule has 5 heterocycles. The predicted molar refractivity (Wildman–Crippen MR) is 257 cm³/mol. The molecule has 1 aliphatic heterocycles. The largest absolute Gasteiger partial charge is 0.481 e. The van der Waals surface area contributed by atoms with Gasteiger partial charge in [-0.05, 0) is 53.9 Å². The fourth-order valence-corrected chi connectivity index (χ4v) is 7.92. The Bertz CT molecular complexity index is 2660. The third kappa shape index (κ3) is 13.8. The number of benzene rings is 2. The van der Waals surface area contributed by atoms with Gasteiger partial charge in [0.05, 0.1) is 120 Å². The van der Waals surface area contributed by atoms with Gasteiger partial charge >= 0.3 is 11.9 Å². The van der Waals surface area contributed by atoms with E-state index in [1.165, 1.54) is 22.3 Å². The highest BCUT2D eigenvalue weighted by Gasteiger charge is 2.36. The molecule has 0 amide bonds. The van der Waals surface area contributed by atoms with Crippen LogP contribution in [-0.4, -0.2) is 154 Å². The van der Waals surface area contributed by atoms with E-state index in [1.54, 1.807) is 48.9 Å². The quantitative estimate of drug-likeness (QED) is 0.0643. The topological polar surface area (TPSA) is 193 Å². The summed E-state index contributed by atoms with van der Waals surface area (Å²) < 4.78 is 85.4. The van der Waals surface area contributed by atoms with Gasteiger partial charge in [0, 0.05) is 93.9 Å². The minimum atomic E-state index is -4.72. The van der Waals surface area contributed by atoms with Gasteiger partial charge < -0.3 is 48.7 Å². The van der Waals surface area contributed by atoms with Crippen LogP contribution >= 0.6 is 0 Å². The maximum atomic E-state index is 15.0. The number of aromatic nitrogens is 6. The number of methoxy groups -OCH3 is 1. The molecule has 0 atom stereocenters. The van der Waals surface area contributed by atoms with Crippen LogP contribution in [-0.2, 0) is 52.9 Å². The second kappa shape index (κ2) is 25.7. The Morgan fingerprint density at radius 3 is 1.86 bits per heavy atom. The van der Waals surface area contributed by atoms with E-state index in [4.69, 9.17) is 38.9 Å². The summed E-state index contributed by atoms with van der Waals surface area (Å²) in [5.41, 5.74) is 7.95. The zero-order chi connectivity index (χ0) is 49.3. The summed E-state index contributed by atoms with van der Waals surface area (Å²) in [5, 5.41) is 0.595. The van der Waals surface area contributed by atoms with Crippen LogP contribution in [0.3, 0.4) is 0 Å². The number of Topliss-reactive ketones (excluding diaryl/α,β-unsaturated/α-hetero) is 1. The van der Waals surface area contributed by atoms with Gasteiger partial charge in [0.2, 0.25) is 11.8 Å². The highest BCUT2D eigenvalue weighted by atomic mass is 19.4. The standard InChI is InChI=1S/C49H60F3N9O9/c1-58-44-34-54-42-8-4-36(37-5-10-45(64-2)55-33-37)29-40(42)46(44)61(48(58)63)38-6-9-43(41(30-38)49(50,51)52)59-13-15-60(16-14-59)47-56-31-35(32-57-47)3-7-39(62)11-17-65-19-21-67-23-25-69-27-28-70-26-24-68-22-20-66-18-12-53/h4-6,8-10,29-34H,3,7,11-28,53H2,1-2H3. The van der Waals surface area contributed by atoms with E-state index < -0.39 is 17.4 Å². The summed E-state index contributed by atoms with van der Waals surface area (Å²) in [7, 11) is 3.10. The fraction of sp³-hybridized carbons (Fsp3) is 0.469. The smallest absolute Gasteiger partial charge is 0.418 e. The molecule has 376 valence electrons. The van der Waals surface area contributed by atoms with Crippen LogP contribution in [0.5, 0.6) is 5.88 Å². The Hall–Kier alpha value is -6.07. The van der Waals surface area contributed by atoms with Crippen LogP contribution < -0.4 is 26.0 Å². The van der Waals surface area contributed by atoms with Gasteiger partial charge in [-0.3, -0.25) is 18.9 Å². The van der Waals surface area contributed by atoms with Gasteiger partial charge in [0.1, 0.15) is 5.78 Å². The number of piperazine rings is 1. The molecule has 1 fully saturated rings. The summed E-state index contributed by atoms with van der Waals surface area (Å²) in [6.45, 7) is 7.15. The lowest BCUT2D eigenvalue weighted by Gasteiger charge is -2.37. The molecule has 0 bridgehead atoms. The molecule has 0 saturated carbocycles. The molecule has 6 aromatic rings. The lowest BCUT2D eigenvalue weighted by molar-refractivity contribution is -0.137. The van der Waals surface area contributed by atoms with Gasteiger partial charge in [0.15, 0.2) is 0 Å². The number of halogens is 3. The highest BCUT2D eigenvalue weighted by Crippen LogP contribution is 2.39. The van der Waals surface area contributed by atoms with E-state index in [1.807, 2.05) is 29.2 Å². The molecule has 4 aromatic heterocycles. The number of aryl methyl sites for hydroxylation is 2. The summed E-state index contributed by atoms with van der Waals surface area (Å²) in [6, 6.07) is 13.2. The lowest BCUT2D eigenvalue weighted by atomic mass is 10.0. The molecule has 1 saturated heterocycles. The number of ketones is 1. The molecular formula is C49H60F3N9O9. The fourth-order valence-electron chi connectivity index (χ4n) is 7.92. The SMILES string of the molecule is COc1ccc(-c2ccc3ncc4c(c3c2)n(-c2ccc(N3CCN(c5ncc(CCC(=O)CCOCCOCCOCCOCCOCCOCCN)cn5)CC3)c(C(F)(F)F)c2)c(=O)n4C)cn1. The van der Waals surface area contributed by atoms with E-state index in [0.717, 1.165) is 22.8 Å². The number of nitrogens with zero attached hydrogens (tertiary/aromatic N) is 8. The number of anilines is 2. The van der Waals surface area contributed by atoms with Crippen LogP contribution in [0.1, 0.15) is 24.0 Å². The third-order valence-electron chi connectivity index (χ3n) is 11.6. The summed E-state index contributed by atoms with van der Waals surface area (Å²) in [6.07, 6.45) is 2.92. The Kier molecular flexibility index (Phi) is 19.0. The van der Waals surface area contributed by atoms with Crippen LogP contribution in [0.25, 0.3) is 38.8 Å². The number of fused-ring (bicyclic) bond motifs is 3. The Balaban J connectivity index is 0.846. The average Bonchev–Trinajstić information content (AvgIpc) is 3.64. The molecule has 0 spiro atoms. The highest BCUT2D eigenvalue weighted by molar-refractivity contribution is 6.04. The summed E-state index contributed by atoms with van der Waals surface area (Å²) in [5.74, 6) is 0.965. The van der Waals surface area contributed by atoms with E-state index in [2.05, 4.69) is 19.9 Å². The molecule has 0 radical (unpaired) electrons. The zero-order valence-corrected chi connectivity index (χ0v) is 39.5. The number of hydrogen-bond acceptors (Lipinski definition) is 16. The van der Waals surface area contributed by atoms with E-state index in [-0.39, 0.29) is 36.7 Å². The van der Waals surface area contributed by atoms with Crippen molar-refractivity contribution in [1.29, 1.82) is 0 Å². The minimum Gasteiger partial charge on any atom is -0.481 e. The van der Waals surface area contributed by atoms with Gasteiger partial charge in [-0.15, -0.1) is 0 Å². The van der Waals surface area contributed by atoms with Crippen LogP contribution in [0.2, 0.25) is 0 Å². The summed E-state index contributed by atoms with van der Waals surface area (Å²) >= 11 is 0. The van der Waals surface area contributed by atoms with Crippen molar-refractivity contribution >= 4 is 39.4 Å². The lowest BCUT2D eigenvalue weighted by Crippen LogP contribution is -2.47. The third-order valence-corrected chi connectivity index (χ3v) is 11.6. The number of hydrogen-bond donors (Lipinski definition) is 1. The van der Waals surface area contributed by atoms with Crippen LogP contribution in [0.4, 0.5) is 24.8 Å². The van der Waals surface area contributed by atoms with Crippen molar-refractivity contribution in [2.45, 2.75) is 25.4 Å². The Morgan fingerprint density at radius 2 is 1.27 bits per heavy atom. The molecule has 2 N–H and O–H groups in total. The molecule has 21 heteroatoms. The van der Waals surface area contributed by atoms with Gasteiger partial charge in [0.25, 0.3) is 0 Å². The molecule has 70 heavy (non-hydrogen) atoms. The van der Waals surface area contributed by atoms with Gasteiger partial charge in [-0.1, -0.05) is 6.07 Å². The number of pyridine rings is 2. The van der Waals surface area contributed by atoms with Crippen molar-refractivity contribution in [2.75, 3.05) is 129 Å². The number of carbonyl (C=O) groups excluding carboxylic acids is 1. The Labute approximate surface area is 403 Å². The van der Waals surface area contributed by atoms with E-state index in [9.17, 15) is 22.8 Å². The number of nitrogens with two attached hydrogens (primary N) is 1. The van der Waals surface area contributed by atoms with Crippen molar-refractivity contribution in [3.05, 3.63) is 94.9 Å². The zero-order valence-electron chi connectivity index (χ0n) is 39.5. The number of rotatable bonds is 28. The second-order valence-corrected chi connectivity index (χ2v) is 16.3. The molecule has 0 unspecified atom stereocenters. The first-order chi connectivity index (χ1) is 34.0. The van der Waals surface area contributed by atoms with Crippen molar-refractivity contribution in [3.63, 3.8) is 0 Å². The minimum absolute atomic E-state index is 0.0175. The predicted octanol–water partition coefficient (Wildman–Crippen LogP) is 5.03. The maximum Gasteiger partial charge on any atom is 0.418 e. The molecular weight excluding hydrogens is 916 g/mol. The Morgan fingerprint density at radius 1 is 0.671 bits per heavy atom. The molecule has 0 aliphatic carbocycles. The van der Waals surface area contributed by atoms with Crippen LogP contribution in [0, 0.1) is 0 Å². The first-order valence-electron chi connectivity index (χ1n) is 23.3. The van der Waals surface area contributed by atoms with E-state index in [0.29, 0.717) is 146 Å². The van der Waals surface area contributed by atoms with Gasteiger partial charge in [-0.25, -0.2) is 19.7 Å². The first-order valence-corrected chi connectivity index (χ1v) is 23.3. The maximum absolute atomic E-state index is 15.0. The van der Waals surface area contributed by atoms with Crippen molar-refractivity contribution in [3.8, 4) is 22.7 Å². The van der Waals surface area contributed by atoms with Gasteiger partial charge in [-0.2, -0.15) is 13.2 Å². The number of alkyl halides is 3. The number of ether oxygens (including phenoxy) is 7. The molecule has 18 nitrogen and oxygen atoms in total. The monoisotopic (exact) mass is 975 g/mol. The molecule has 1 aliphatic rings. The molecule has 7 rings (SSSR count). The average molecular weight is 976 g/mol. The first kappa shape index (κ1) is 51.8. The normalized spacial score (nSPS) is 13.2. The van der Waals surface area contributed by atoms with Crippen LogP contribution in [0.15, 0.2) is 78.1 Å². The second-order valence-electron chi connectivity index (χ2n) is 16.3. The summed E-state index contributed by atoms with van der Waals surface area (Å²) in [4.78, 5) is 47.9. The van der Waals surface area contributed by atoms with Crippen molar-refractivity contribution < 1.29 is 51.1 Å². The molecule has 2 aromatic carbocycles. The van der Waals surface area contributed by atoms with Crippen molar-refractivity contribution in [1.82, 2.24) is 29.1 Å². The van der Waals surface area contributed by atoms with Crippen molar-refractivity contribution in [2.24, 2.45) is 12.8 Å². The van der Waals surface area contributed by atoms with E-state index >= 15 is 0 Å².